The van der Waals surface area contributed by atoms with Gasteiger partial charge >= 0.3 is 0 Å². The standard InChI is InChI=1S/C24H21N3O3S/c1-29-22-7-3-2-6-20(22)24-27-21(16-31-24)23(28)26-14-17-8-10-19(11-9-17)30-15-18-5-4-12-25-13-18/h2-13,16H,14-15H2,1H3,(H,26,28). The summed E-state index contributed by atoms with van der Waals surface area (Å²) in [5.74, 6) is 1.28. The lowest BCUT2D eigenvalue weighted by Crippen LogP contribution is -2.23. The van der Waals surface area contributed by atoms with Crippen molar-refractivity contribution in [1.29, 1.82) is 0 Å². The minimum atomic E-state index is -0.214. The van der Waals surface area contributed by atoms with Crippen molar-refractivity contribution in [3.8, 4) is 22.1 Å². The molecule has 0 spiro atoms. The largest absolute Gasteiger partial charge is 0.496 e. The monoisotopic (exact) mass is 431 g/mol. The number of para-hydroxylation sites is 1. The fourth-order valence-electron chi connectivity index (χ4n) is 2.95. The lowest BCUT2D eigenvalue weighted by atomic mass is 10.2. The zero-order valence-electron chi connectivity index (χ0n) is 16.9. The quantitative estimate of drug-likeness (QED) is 0.437. The van der Waals surface area contributed by atoms with E-state index >= 15 is 0 Å². The predicted octanol–water partition coefficient (Wildman–Crippen LogP) is 4.72. The van der Waals surface area contributed by atoms with Gasteiger partial charge in [0.25, 0.3) is 5.91 Å². The Balaban J connectivity index is 1.32. The van der Waals surface area contributed by atoms with Crippen LogP contribution in [0.1, 0.15) is 21.6 Å². The van der Waals surface area contributed by atoms with Gasteiger partial charge in [0, 0.05) is 29.9 Å². The number of ether oxygens (including phenoxy) is 2. The van der Waals surface area contributed by atoms with E-state index in [4.69, 9.17) is 9.47 Å². The zero-order chi connectivity index (χ0) is 21.5. The Morgan fingerprint density at radius 3 is 2.65 bits per heavy atom. The van der Waals surface area contributed by atoms with Crippen molar-refractivity contribution in [2.24, 2.45) is 0 Å². The fraction of sp³-hybridized carbons (Fsp3) is 0.125. The highest BCUT2D eigenvalue weighted by Gasteiger charge is 2.14. The first-order valence-corrected chi connectivity index (χ1v) is 10.6. The Hall–Kier alpha value is -3.71. The van der Waals surface area contributed by atoms with Crippen LogP contribution in [-0.4, -0.2) is 23.0 Å². The van der Waals surface area contributed by atoms with Crippen molar-refractivity contribution >= 4 is 17.2 Å². The molecule has 7 heteroatoms. The van der Waals surface area contributed by atoms with E-state index in [-0.39, 0.29) is 5.91 Å². The maximum Gasteiger partial charge on any atom is 0.271 e. The number of carbonyl (C=O) groups excluding carboxylic acids is 1. The molecule has 0 aliphatic carbocycles. The van der Waals surface area contributed by atoms with Crippen LogP contribution < -0.4 is 14.8 Å². The number of thiazole rings is 1. The van der Waals surface area contributed by atoms with Crippen LogP contribution >= 0.6 is 11.3 Å². The van der Waals surface area contributed by atoms with Crippen LogP contribution in [0.25, 0.3) is 10.6 Å². The Kier molecular flexibility index (Phi) is 6.54. The zero-order valence-corrected chi connectivity index (χ0v) is 17.8. The van der Waals surface area contributed by atoms with E-state index in [0.29, 0.717) is 18.8 Å². The van der Waals surface area contributed by atoms with Crippen LogP contribution in [0.3, 0.4) is 0 Å². The number of nitrogens with zero attached hydrogens (tertiary/aromatic N) is 2. The number of hydrogen-bond donors (Lipinski definition) is 1. The Morgan fingerprint density at radius 1 is 1.03 bits per heavy atom. The third-order valence-corrected chi connectivity index (χ3v) is 5.45. The molecule has 0 bridgehead atoms. The number of pyridine rings is 1. The van der Waals surface area contributed by atoms with Crippen molar-refractivity contribution < 1.29 is 14.3 Å². The molecule has 0 atom stereocenters. The van der Waals surface area contributed by atoms with Crippen LogP contribution in [0, 0.1) is 0 Å². The summed E-state index contributed by atoms with van der Waals surface area (Å²) in [5, 5.41) is 5.42. The van der Waals surface area contributed by atoms with Crippen molar-refractivity contribution in [1.82, 2.24) is 15.3 Å². The van der Waals surface area contributed by atoms with Crippen molar-refractivity contribution in [2.45, 2.75) is 13.2 Å². The summed E-state index contributed by atoms with van der Waals surface area (Å²) in [5.41, 5.74) is 3.25. The van der Waals surface area contributed by atoms with Crippen LogP contribution in [0.4, 0.5) is 0 Å². The predicted molar refractivity (Wildman–Crippen MR) is 120 cm³/mol. The number of aromatic nitrogens is 2. The number of benzene rings is 2. The van der Waals surface area contributed by atoms with Gasteiger partial charge in [-0.15, -0.1) is 11.3 Å². The number of nitrogens with one attached hydrogen (secondary N) is 1. The molecule has 0 unspecified atom stereocenters. The van der Waals surface area contributed by atoms with Gasteiger partial charge < -0.3 is 14.8 Å². The highest BCUT2D eigenvalue weighted by atomic mass is 32.1. The fourth-order valence-corrected chi connectivity index (χ4v) is 3.78. The Labute approximate surface area is 184 Å². The molecule has 2 aromatic carbocycles. The maximum atomic E-state index is 12.5. The third-order valence-electron chi connectivity index (χ3n) is 4.58. The van der Waals surface area contributed by atoms with Crippen molar-refractivity contribution in [3.05, 3.63) is 95.3 Å². The summed E-state index contributed by atoms with van der Waals surface area (Å²) >= 11 is 1.41. The van der Waals surface area contributed by atoms with Crippen LogP contribution in [0.15, 0.2) is 78.4 Å². The van der Waals surface area contributed by atoms with Gasteiger partial charge in [-0.3, -0.25) is 9.78 Å². The Morgan fingerprint density at radius 2 is 1.87 bits per heavy atom. The molecule has 0 aliphatic rings. The molecular formula is C24H21N3O3S. The number of amides is 1. The molecule has 6 nitrogen and oxygen atoms in total. The van der Waals surface area contributed by atoms with Gasteiger partial charge in [0.1, 0.15) is 28.8 Å². The van der Waals surface area contributed by atoms with Gasteiger partial charge in [-0.25, -0.2) is 4.98 Å². The van der Waals surface area contributed by atoms with E-state index in [1.54, 1.807) is 24.9 Å². The van der Waals surface area contributed by atoms with E-state index in [1.807, 2.05) is 60.7 Å². The van der Waals surface area contributed by atoms with E-state index in [9.17, 15) is 4.79 Å². The first kappa shape index (κ1) is 20.6. The molecule has 2 aromatic heterocycles. The van der Waals surface area contributed by atoms with Crippen molar-refractivity contribution in [2.75, 3.05) is 7.11 Å². The Bertz CT molecular complexity index is 1140. The van der Waals surface area contributed by atoms with Gasteiger partial charge in [-0.05, 0) is 35.9 Å². The maximum absolute atomic E-state index is 12.5. The molecule has 0 saturated carbocycles. The summed E-state index contributed by atoms with van der Waals surface area (Å²) in [6, 6.07) is 19.1. The SMILES string of the molecule is COc1ccccc1-c1nc(C(=O)NCc2ccc(OCc3cccnc3)cc2)cs1. The first-order chi connectivity index (χ1) is 15.2. The summed E-state index contributed by atoms with van der Waals surface area (Å²) in [6.45, 7) is 0.867. The second kappa shape index (κ2) is 9.86. The average Bonchev–Trinajstić information content (AvgIpc) is 3.33. The van der Waals surface area contributed by atoms with Gasteiger partial charge in [0.2, 0.25) is 0 Å². The molecule has 1 amide bonds. The number of hydrogen-bond acceptors (Lipinski definition) is 6. The molecule has 0 saturated heterocycles. The second-order valence-electron chi connectivity index (χ2n) is 6.71. The lowest BCUT2D eigenvalue weighted by molar-refractivity contribution is 0.0946. The minimum Gasteiger partial charge on any atom is -0.496 e. The molecule has 2 heterocycles. The van der Waals surface area contributed by atoms with Gasteiger partial charge in [0.15, 0.2) is 0 Å². The van der Waals surface area contributed by atoms with E-state index in [1.165, 1.54) is 11.3 Å². The van der Waals surface area contributed by atoms with Gasteiger partial charge in [-0.2, -0.15) is 0 Å². The topological polar surface area (TPSA) is 73.3 Å². The number of methoxy groups -OCH3 is 1. The van der Waals surface area contributed by atoms with E-state index < -0.39 is 0 Å². The summed E-state index contributed by atoms with van der Waals surface area (Å²) in [6.07, 6.45) is 3.51. The number of rotatable bonds is 8. The first-order valence-electron chi connectivity index (χ1n) is 9.70. The lowest BCUT2D eigenvalue weighted by Gasteiger charge is -2.08. The normalized spacial score (nSPS) is 10.5. The summed E-state index contributed by atoms with van der Waals surface area (Å²) in [4.78, 5) is 21.1. The summed E-state index contributed by atoms with van der Waals surface area (Å²) < 4.78 is 11.1. The minimum absolute atomic E-state index is 0.214. The molecule has 31 heavy (non-hydrogen) atoms. The molecule has 0 aliphatic heterocycles. The molecule has 1 N–H and O–H groups in total. The molecule has 156 valence electrons. The van der Waals surface area contributed by atoms with Gasteiger partial charge in [0.05, 0.1) is 12.7 Å². The van der Waals surface area contributed by atoms with Crippen LogP contribution in [0.2, 0.25) is 0 Å². The molecule has 4 rings (SSSR count). The molecule has 0 radical (unpaired) electrons. The second-order valence-corrected chi connectivity index (χ2v) is 7.57. The van der Waals surface area contributed by atoms with Crippen LogP contribution in [0.5, 0.6) is 11.5 Å². The van der Waals surface area contributed by atoms with Gasteiger partial charge in [-0.1, -0.05) is 30.3 Å². The third kappa shape index (κ3) is 5.26. The molecular weight excluding hydrogens is 410 g/mol. The smallest absolute Gasteiger partial charge is 0.271 e. The molecule has 0 fully saturated rings. The molecule has 4 aromatic rings. The van der Waals surface area contributed by atoms with Crippen molar-refractivity contribution in [3.63, 3.8) is 0 Å². The average molecular weight is 432 g/mol. The van der Waals surface area contributed by atoms with Crippen LogP contribution in [-0.2, 0) is 13.2 Å². The highest BCUT2D eigenvalue weighted by molar-refractivity contribution is 7.13. The summed E-state index contributed by atoms with van der Waals surface area (Å²) in [7, 11) is 1.62. The highest BCUT2D eigenvalue weighted by Crippen LogP contribution is 2.31. The van der Waals surface area contributed by atoms with E-state index in [2.05, 4.69) is 15.3 Å². The number of carbonyl (C=O) groups is 1. The van der Waals surface area contributed by atoms with E-state index in [0.717, 1.165) is 33.2 Å².